The molecule has 18 heavy (non-hydrogen) atoms. The molecule has 5 heteroatoms. The van der Waals surface area contributed by atoms with Crippen molar-refractivity contribution < 1.29 is 9.90 Å². The zero-order chi connectivity index (χ0) is 13.0. The molecule has 3 N–H and O–H groups in total. The molecule has 4 nitrogen and oxygen atoms in total. The van der Waals surface area contributed by atoms with Gasteiger partial charge in [-0.05, 0) is 30.5 Å². The standard InChI is InChI=1S/C13H17ClN2O2/c14-10-3-1-9(2-4-10)5-6-15-13(18)12-7-11(17)8-16-12/h1-4,11-12,16-17H,5-8H2,(H,15,18)/t11-,12+/m1/s1. The predicted molar refractivity (Wildman–Crippen MR) is 70.6 cm³/mol. The van der Waals surface area contributed by atoms with Crippen LogP contribution in [-0.4, -0.2) is 36.2 Å². The van der Waals surface area contributed by atoms with Crippen molar-refractivity contribution in [3.8, 4) is 0 Å². The Bertz CT molecular complexity index is 408. The number of aliphatic hydroxyl groups excluding tert-OH is 1. The van der Waals surface area contributed by atoms with Crippen molar-refractivity contribution in [2.45, 2.75) is 25.0 Å². The smallest absolute Gasteiger partial charge is 0.237 e. The molecule has 2 atom stereocenters. The van der Waals surface area contributed by atoms with E-state index in [2.05, 4.69) is 10.6 Å². The van der Waals surface area contributed by atoms with E-state index in [9.17, 15) is 9.90 Å². The highest BCUT2D eigenvalue weighted by atomic mass is 35.5. The summed E-state index contributed by atoms with van der Waals surface area (Å²) in [5.74, 6) is -0.0412. The van der Waals surface area contributed by atoms with E-state index in [-0.39, 0.29) is 11.9 Å². The largest absolute Gasteiger partial charge is 0.392 e. The molecule has 1 aromatic carbocycles. The third kappa shape index (κ3) is 3.70. The lowest BCUT2D eigenvalue weighted by Crippen LogP contribution is -2.41. The third-order valence-electron chi connectivity index (χ3n) is 3.05. The normalized spacial score (nSPS) is 23.0. The Kier molecular flexibility index (Phi) is 4.58. The molecule has 1 heterocycles. The SMILES string of the molecule is O=C(NCCc1ccc(Cl)cc1)[C@@H]1C[C@@H](O)CN1. The van der Waals surface area contributed by atoms with E-state index in [4.69, 9.17) is 11.6 Å². The maximum Gasteiger partial charge on any atom is 0.237 e. The van der Waals surface area contributed by atoms with Crippen LogP contribution in [0, 0.1) is 0 Å². The van der Waals surface area contributed by atoms with Crippen LogP contribution in [0.2, 0.25) is 5.02 Å². The molecule has 1 aliphatic rings. The van der Waals surface area contributed by atoms with Gasteiger partial charge in [0, 0.05) is 18.1 Å². The van der Waals surface area contributed by atoms with Gasteiger partial charge in [-0.25, -0.2) is 0 Å². The monoisotopic (exact) mass is 268 g/mol. The van der Waals surface area contributed by atoms with E-state index in [1.54, 1.807) is 0 Å². The van der Waals surface area contributed by atoms with Gasteiger partial charge in [-0.3, -0.25) is 4.79 Å². The zero-order valence-electron chi connectivity index (χ0n) is 10.0. The molecule has 0 spiro atoms. The Morgan fingerprint density at radius 1 is 1.44 bits per heavy atom. The minimum Gasteiger partial charge on any atom is -0.392 e. The number of benzene rings is 1. The van der Waals surface area contributed by atoms with Crippen LogP contribution in [0.15, 0.2) is 24.3 Å². The molecule has 0 radical (unpaired) electrons. The number of nitrogens with one attached hydrogen (secondary N) is 2. The van der Waals surface area contributed by atoms with Crippen LogP contribution in [0.5, 0.6) is 0 Å². The average Bonchev–Trinajstić information content (AvgIpc) is 2.78. The lowest BCUT2D eigenvalue weighted by Gasteiger charge is -2.10. The van der Waals surface area contributed by atoms with Gasteiger partial charge in [-0.15, -0.1) is 0 Å². The molecular weight excluding hydrogens is 252 g/mol. The van der Waals surface area contributed by atoms with Crippen LogP contribution in [0.3, 0.4) is 0 Å². The van der Waals surface area contributed by atoms with Gasteiger partial charge in [0.15, 0.2) is 0 Å². The fraction of sp³-hybridized carbons (Fsp3) is 0.462. The summed E-state index contributed by atoms with van der Waals surface area (Å²) in [5.41, 5.74) is 1.14. The first-order valence-corrected chi connectivity index (χ1v) is 6.46. The van der Waals surface area contributed by atoms with E-state index in [0.717, 1.165) is 12.0 Å². The van der Waals surface area contributed by atoms with Crippen LogP contribution in [0.1, 0.15) is 12.0 Å². The fourth-order valence-electron chi connectivity index (χ4n) is 2.02. The van der Waals surface area contributed by atoms with Gasteiger partial charge in [0.05, 0.1) is 12.1 Å². The Balaban J connectivity index is 1.72. The number of β-amino-alcohol motifs (C(OH)–C–C–N with tert-alkyl or cyclic N) is 1. The number of carbonyl (C=O) groups excluding carboxylic acids is 1. The van der Waals surface area contributed by atoms with E-state index in [1.165, 1.54) is 0 Å². The van der Waals surface area contributed by atoms with Gasteiger partial charge in [0.1, 0.15) is 0 Å². The summed E-state index contributed by atoms with van der Waals surface area (Å²) in [6, 6.07) is 7.32. The summed E-state index contributed by atoms with van der Waals surface area (Å²) in [6.45, 7) is 1.09. The van der Waals surface area contributed by atoms with Crippen molar-refractivity contribution in [3.05, 3.63) is 34.9 Å². The molecule has 0 saturated carbocycles. The summed E-state index contributed by atoms with van der Waals surface area (Å²) in [6.07, 6.45) is 0.863. The molecule has 1 aromatic rings. The summed E-state index contributed by atoms with van der Waals surface area (Å²) in [4.78, 5) is 11.7. The number of hydrogen-bond donors (Lipinski definition) is 3. The van der Waals surface area contributed by atoms with Gasteiger partial charge in [0.25, 0.3) is 0 Å². The molecule has 0 aliphatic carbocycles. The molecule has 1 aliphatic heterocycles. The topological polar surface area (TPSA) is 61.4 Å². The Hall–Kier alpha value is -1.10. The Labute approximate surface area is 111 Å². The van der Waals surface area contributed by atoms with E-state index in [1.807, 2.05) is 24.3 Å². The third-order valence-corrected chi connectivity index (χ3v) is 3.30. The first-order chi connectivity index (χ1) is 8.65. The lowest BCUT2D eigenvalue weighted by molar-refractivity contribution is -0.122. The van der Waals surface area contributed by atoms with Gasteiger partial charge < -0.3 is 15.7 Å². The molecular formula is C13H17ClN2O2. The second-order valence-corrected chi connectivity index (χ2v) is 4.95. The maximum absolute atomic E-state index is 11.7. The molecule has 1 amide bonds. The number of hydrogen-bond acceptors (Lipinski definition) is 3. The molecule has 1 saturated heterocycles. The zero-order valence-corrected chi connectivity index (χ0v) is 10.8. The van der Waals surface area contributed by atoms with Gasteiger partial charge in [-0.2, -0.15) is 0 Å². The highest BCUT2D eigenvalue weighted by Gasteiger charge is 2.27. The minimum absolute atomic E-state index is 0.0412. The van der Waals surface area contributed by atoms with Gasteiger partial charge in [0.2, 0.25) is 5.91 Å². The maximum atomic E-state index is 11.7. The minimum atomic E-state index is -0.406. The van der Waals surface area contributed by atoms with Crippen molar-refractivity contribution in [1.29, 1.82) is 0 Å². The Morgan fingerprint density at radius 3 is 2.78 bits per heavy atom. The van der Waals surface area contributed by atoms with Crippen molar-refractivity contribution in [2.24, 2.45) is 0 Å². The van der Waals surface area contributed by atoms with E-state index in [0.29, 0.717) is 24.5 Å². The molecule has 0 unspecified atom stereocenters. The van der Waals surface area contributed by atoms with Crippen LogP contribution < -0.4 is 10.6 Å². The second-order valence-electron chi connectivity index (χ2n) is 4.52. The highest BCUT2D eigenvalue weighted by Crippen LogP contribution is 2.10. The summed E-state index contributed by atoms with van der Waals surface area (Å²) >= 11 is 5.79. The quantitative estimate of drug-likeness (QED) is 0.754. The number of aliphatic hydroxyl groups is 1. The van der Waals surface area contributed by atoms with Crippen LogP contribution in [-0.2, 0) is 11.2 Å². The second kappa shape index (κ2) is 6.18. The average molecular weight is 269 g/mol. The molecule has 2 rings (SSSR count). The van der Waals surface area contributed by atoms with Gasteiger partial charge in [-0.1, -0.05) is 23.7 Å². The molecule has 1 fully saturated rings. The van der Waals surface area contributed by atoms with Gasteiger partial charge >= 0.3 is 0 Å². The van der Waals surface area contributed by atoms with Crippen molar-refractivity contribution in [3.63, 3.8) is 0 Å². The Morgan fingerprint density at radius 2 is 2.17 bits per heavy atom. The number of halogens is 1. The first-order valence-electron chi connectivity index (χ1n) is 6.09. The highest BCUT2D eigenvalue weighted by molar-refractivity contribution is 6.30. The summed E-state index contributed by atoms with van der Waals surface area (Å²) in [5, 5.41) is 15.9. The molecule has 0 aromatic heterocycles. The van der Waals surface area contributed by atoms with Crippen LogP contribution >= 0.6 is 11.6 Å². The van der Waals surface area contributed by atoms with E-state index >= 15 is 0 Å². The van der Waals surface area contributed by atoms with Crippen molar-refractivity contribution in [1.82, 2.24) is 10.6 Å². The van der Waals surface area contributed by atoms with Crippen molar-refractivity contribution in [2.75, 3.05) is 13.1 Å². The van der Waals surface area contributed by atoms with Crippen molar-refractivity contribution >= 4 is 17.5 Å². The fourth-order valence-corrected chi connectivity index (χ4v) is 2.15. The van der Waals surface area contributed by atoms with E-state index < -0.39 is 6.10 Å². The summed E-state index contributed by atoms with van der Waals surface area (Å²) < 4.78 is 0. The predicted octanol–water partition coefficient (Wildman–Crippen LogP) is 0.721. The summed E-state index contributed by atoms with van der Waals surface area (Å²) in [7, 11) is 0. The molecule has 0 bridgehead atoms. The van der Waals surface area contributed by atoms with Crippen LogP contribution in [0.25, 0.3) is 0 Å². The lowest BCUT2D eigenvalue weighted by atomic mass is 10.1. The number of amides is 1. The number of carbonyl (C=O) groups is 1. The first kappa shape index (κ1) is 13.3. The van der Waals surface area contributed by atoms with Crippen LogP contribution in [0.4, 0.5) is 0 Å². The molecule has 98 valence electrons. The number of rotatable bonds is 4.